The second-order valence-electron chi connectivity index (χ2n) is 3.46. The van der Waals surface area contributed by atoms with Crippen LogP contribution >= 0.6 is 0 Å². The third-order valence-electron chi connectivity index (χ3n) is 2.09. The maximum atomic E-state index is 13.4. The van der Waals surface area contributed by atoms with Gasteiger partial charge in [0.1, 0.15) is 0 Å². The molecule has 0 amide bonds. The summed E-state index contributed by atoms with van der Waals surface area (Å²) in [5.41, 5.74) is 0.410. The molecular weight excluding hydrogens is 215 g/mol. The van der Waals surface area contributed by atoms with Gasteiger partial charge in [-0.05, 0) is 31.5 Å². The average Bonchev–Trinajstić information content (AvgIpc) is 2.20. The summed E-state index contributed by atoms with van der Waals surface area (Å²) in [4.78, 5) is 10.5. The first-order valence-corrected chi connectivity index (χ1v) is 4.78. The highest BCUT2D eigenvalue weighted by atomic mass is 19.1. The van der Waals surface area contributed by atoms with E-state index in [1.807, 2.05) is 0 Å². The lowest BCUT2D eigenvalue weighted by atomic mass is 10.1. The van der Waals surface area contributed by atoms with Crippen molar-refractivity contribution in [2.24, 2.45) is 0 Å². The van der Waals surface area contributed by atoms with Gasteiger partial charge >= 0.3 is 5.97 Å². The zero-order valence-electron chi connectivity index (χ0n) is 8.98. The SMILES string of the molecule is CC(Oc1ccc(C(C)O)cc1F)C(=O)O. The van der Waals surface area contributed by atoms with Crippen LogP contribution in [0.1, 0.15) is 25.5 Å². The van der Waals surface area contributed by atoms with Gasteiger partial charge in [0.15, 0.2) is 17.7 Å². The fourth-order valence-corrected chi connectivity index (χ4v) is 1.11. The number of benzene rings is 1. The highest BCUT2D eigenvalue weighted by Crippen LogP contribution is 2.22. The van der Waals surface area contributed by atoms with Crippen LogP contribution in [-0.4, -0.2) is 22.3 Å². The van der Waals surface area contributed by atoms with Gasteiger partial charge in [-0.25, -0.2) is 9.18 Å². The first-order valence-electron chi connectivity index (χ1n) is 4.78. The normalized spacial score (nSPS) is 14.2. The zero-order chi connectivity index (χ0) is 12.3. The Morgan fingerprint density at radius 3 is 2.50 bits per heavy atom. The number of rotatable bonds is 4. The first kappa shape index (κ1) is 12.4. The topological polar surface area (TPSA) is 66.8 Å². The molecule has 0 saturated heterocycles. The zero-order valence-corrected chi connectivity index (χ0v) is 8.98. The quantitative estimate of drug-likeness (QED) is 0.823. The van der Waals surface area contributed by atoms with Crippen molar-refractivity contribution in [3.8, 4) is 5.75 Å². The number of aliphatic hydroxyl groups is 1. The number of carbonyl (C=O) groups is 1. The monoisotopic (exact) mass is 228 g/mol. The van der Waals surface area contributed by atoms with E-state index < -0.39 is 24.0 Å². The van der Waals surface area contributed by atoms with Crippen LogP contribution in [0.3, 0.4) is 0 Å². The van der Waals surface area contributed by atoms with Crippen LogP contribution in [0, 0.1) is 5.82 Å². The van der Waals surface area contributed by atoms with E-state index in [2.05, 4.69) is 0 Å². The number of hydrogen-bond acceptors (Lipinski definition) is 3. The lowest BCUT2D eigenvalue weighted by Crippen LogP contribution is -2.23. The van der Waals surface area contributed by atoms with Crippen molar-refractivity contribution in [3.05, 3.63) is 29.6 Å². The molecule has 1 aromatic rings. The summed E-state index contributed by atoms with van der Waals surface area (Å²) in [7, 11) is 0. The lowest BCUT2D eigenvalue weighted by molar-refractivity contribution is -0.144. The minimum absolute atomic E-state index is 0.140. The molecule has 0 saturated carbocycles. The van der Waals surface area contributed by atoms with Crippen LogP contribution in [0.25, 0.3) is 0 Å². The van der Waals surface area contributed by atoms with Crippen LogP contribution in [0.15, 0.2) is 18.2 Å². The van der Waals surface area contributed by atoms with Crippen LogP contribution in [-0.2, 0) is 4.79 Å². The largest absolute Gasteiger partial charge is 0.479 e. The van der Waals surface area contributed by atoms with Crippen molar-refractivity contribution in [1.29, 1.82) is 0 Å². The minimum atomic E-state index is -1.17. The van der Waals surface area contributed by atoms with Gasteiger partial charge in [0, 0.05) is 0 Å². The summed E-state index contributed by atoms with van der Waals surface area (Å²) in [6.07, 6.45) is -1.90. The number of carboxylic acid groups (broad SMARTS) is 1. The van der Waals surface area contributed by atoms with Crippen molar-refractivity contribution in [2.45, 2.75) is 26.1 Å². The number of carboxylic acids is 1. The third-order valence-corrected chi connectivity index (χ3v) is 2.09. The number of ether oxygens (including phenoxy) is 1. The van der Waals surface area contributed by atoms with E-state index in [9.17, 15) is 14.3 Å². The van der Waals surface area contributed by atoms with E-state index in [0.717, 1.165) is 6.07 Å². The van der Waals surface area contributed by atoms with E-state index in [4.69, 9.17) is 9.84 Å². The van der Waals surface area contributed by atoms with Gasteiger partial charge in [-0.3, -0.25) is 0 Å². The smallest absolute Gasteiger partial charge is 0.344 e. The van der Waals surface area contributed by atoms with Gasteiger partial charge in [-0.1, -0.05) is 6.07 Å². The average molecular weight is 228 g/mol. The van der Waals surface area contributed by atoms with Crippen molar-refractivity contribution in [2.75, 3.05) is 0 Å². The molecule has 0 fully saturated rings. The Kier molecular flexibility index (Phi) is 3.84. The van der Waals surface area contributed by atoms with E-state index in [0.29, 0.717) is 5.56 Å². The predicted octanol–water partition coefficient (Wildman–Crippen LogP) is 1.73. The molecule has 0 bridgehead atoms. The van der Waals surface area contributed by atoms with Crippen molar-refractivity contribution >= 4 is 5.97 Å². The molecule has 0 radical (unpaired) electrons. The number of hydrogen-bond donors (Lipinski definition) is 2. The van der Waals surface area contributed by atoms with Crippen LogP contribution in [0.2, 0.25) is 0 Å². The lowest BCUT2D eigenvalue weighted by Gasteiger charge is -2.12. The Bertz CT molecular complexity index is 390. The highest BCUT2D eigenvalue weighted by molar-refractivity contribution is 5.72. The molecule has 0 aliphatic heterocycles. The second kappa shape index (κ2) is 4.94. The number of halogens is 1. The first-order chi connectivity index (χ1) is 7.41. The van der Waals surface area contributed by atoms with Gasteiger partial charge in [-0.2, -0.15) is 0 Å². The molecule has 1 aromatic carbocycles. The van der Waals surface area contributed by atoms with E-state index in [1.165, 1.54) is 26.0 Å². The molecular formula is C11H13FO4. The molecule has 2 unspecified atom stereocenters. The molecule has 5 heteroatoms. The number of aliphatic hydroxyl groups excluding tert-OH is 1. The van der Waals surface area contributed by atoms with Crippen molar-refractivity contribution in [1.82, 2.24) is 0 Å². The summed E-state index contributed by atoms with van der Waals surface area (Å²) in [5.74, 6) is -2.00. The van der Waals surface area contributed by atoms with Gasteiger partial charge in [-0.15, -0.1) is 0 Å². The van der Waals surface area contributed by atoms with Gasteiger partial charge in [0.2, 0.25) is 0 Å². The summed E-state index contributed by atoms with van der Waals surface area (Å²) in [6.45, 7) is 2.82. The Morgan fingerprint density at radius 1 is 1.44 bits per heavy atom. The van der Waals surface area contributed by atoms with Crippen LogP contribution in [0.5, 0.6) is 5.75 Å². The Hall–Kier alpha value is -1.62. The maximum absolute atomic E-state index is 13.4. The molecule has 2 N–H and O–H groups in total. The van der Waals surface area contributed by atoms with Crippen LogP contribution in [0.4, 0.5) is 4.39 Å². The van der Waals surface area contributed by atoms with E-state index in [-0.39, 0.29) is 5.75 Å². The molecule has 0 aliphatic carbocycles. The maximum Gasteiger partial charge on any atom is 0.344 e. The molecule has 1 rings (SSSR count). The fraction of sp³-hybridized carbons (Fsp3) is 0.364. The van der Waals surface area contributed by atoms with Gasteiger partial charge < -0.3 is 14.9 Å². The summed E-state index contributed by atoms with van der Waals surface area (Å²) in [5, 5.41) is 17.8. The number of aliphatic carboxylic acids is 1. The van der Waals surface area contributed by atoms with E-state index >= 15 is 0 Å². The minimum Gasteiger partial charge on any atom is -0.479 e. The molecule has 0 aliphatic rings. The molecule has 2 atom stereocenters. The fourth-order valence-electron chi connectivity index (χ4n) is 1.11. The summed E-state index contributed by atoms with van der Waals surface area (Å²) < 4.78 is 18.3. The van der Waals surface area contributed by atoms with Crippen LogP contribution < -0.4 is 4.74 Å². The van der Waals surface area contributed by atoms with Gasteiger partial charge in [0.05, 0.1) is 6.10 Å². The molecule has 88 valence electrons. The Morgan fingerprint density at radius 2 is 2.06 bits per heavy atom. The molecule has 0 spiro atoms. The Balaban J connectivity index is 2.87. The molecule has 0 aromatic heterocycles. The molecule has 4 nitrogen and oxygen atoms in total. The molecule has 0 heterocycles. The van der Waals surface area contributed by atoms with Gasteiger partial charge in [0.25, 0.3) is 0 Å². The molecule has 16 heavy (non-hydrogen) atoms. The standard InChI is InChI=1S/C11H13FO4/c1-6(13)8-3-4-10(9(12)5-8)16-7(2)11(14)15/h3-7,13H,1-2H3,(H,14,15). The third kappa shape index (κ3) is 2.93. The summed E-state index contributed by atoms with van der Waals surface area (Å²) >= 11 is 0. The summed E-state index contributed by atoms with van der Waals surface area (Å²) in [6, 6.07) is 3.91. The highest BCUT2D eigenvalue weighted by Gasteiger charge is 2.15. The second-order valence-corrected chi connectivity index (χ2v) is 3.46. The van der Waals surface area contributed by atoms with Crippen molar-refractivity contribution in [3.63, 3.8) is 0 Å². The Labute approximate surface area is 92.3 Å². The predicted molar refractivity (Wildman–Crippen MR) is 54.8 cm³/mol. The van der Waals surface area contributed by atoms with E-state index in [1.54, 1.807) is 0 Å². The van der Waals surface area contributed by atoms with Crippen molar-refractivity contribution < 1.29 is 24.1 Å².